The largest absolute Gasteiger partial charge is 0.395 e. The minimum atomic E-state index is 0.0355. The van der Waals surface area contributed by atoms with E-state index in [4.69, 9.17) is 14.7 Å². The Morgan fingerprint density at radius 2 is 1.86 bits per heavy atom. The maximum Gasteiger partial charge on any atom is 0.166 e. The third-order valence-electron chi connectivity index (χ3n) is 4.89. The molecule has 3 aromatic rings. The number of ether oxygens (including phenoxy) is 1. The first-order chi connectivity index (χ1) is 13.8. The standard InChI is InChI=1S/C20H26N6O2/c1-15-22-18(21-7-12-27)17-20(23-15)26(9-8-25-10-13-28-14-11-25)19(24-17)16-5-3-2-4-6-16/h2-6,27H,7-14H2,1H3,(H,21,22,23). The average molecular weight is 382 g/mol. The molecule has 28 heavy (non-hydrogen) atoms. The van der Waals surface area contributed by atoms with Crippen LogP contribution in [0.4, 0.5) is 5.82 Å². The molecule has 0 radical (unpaired) electrons. The topological polar surface area (TPSA) is 88.3 Å². The van der Waals surface area contributed by atoms with E-state index in [1.807, 2.05) is 25.1 Å². The van der Waals surface area contributed by atoms with E-state index in [1.165, 1.54) is 0 Å². The van der Waals surface area contributed by atoms with Crippen LogP contribution in [0.15, 0.2) is 30.3 Å². The zero-order chi connectivity index (χ0) is 19.3. The Kier molecular flexibility index (Phi) is 5.80. The molecule has 0 amide bonds. The zero-order valence-corrected chi connectivity index (χ0v) is 16.1. The SMILES string of the molecule is Cc1nc(NCCO)c2nc(-c3ccccc3)n(CCN3CCOCC3)c2n1. The highest BCUT2D eigenvalue weighted by atomic mass is 16.5. The lowest BCUT2D eigenvalue weighted by molar-refractivity contribution is 0.0365. The van der Waals surface area contributed by atoms with Crippen LogP contribution >= 0.6 is 0 Å². The van der Waals surface area contributed by atoms with E-state index in [0.717, 1.165) is 61.9 Å². The van der Waals surface area contributed by atoms with E-state index in [9.17, 15) is 5.11 Å². The van der Waals surface area contributed by atoms with Gasteiger partial charge in [0, 0.05) is 38.3 Å². The summed E-state index contributed by atoms with van der Waals surface area (Å²) in [5.41, 5.74) is 2.60. The molecular weight excluding hydrogens is 356 g/mol. The molecule has 4 rings (SSSR count). The second kappa shape index (κ2) is 8.64. The Morgan fingerprint density at radius 3 is 2.61 bits per heavy atom. The zero-order valence-electron chi connectivity index (χ0n) is 16.1. The van der Waals surface area contributed by atoms with E-state index in [0.29, 0.717) is 18.2 Å². The van der Waals surface area contributed by atoms with Gasteiger partial charge < -0.3 is 19.7 Å². The smallest absolute Gasteiger partial charge is 0.166 e. The number of aliphatic hydroxyl groups is 1. The van der Waals surface area contributed by atoms with Gasteiger partial charge in [-0.15, -0.1) is 0 Å². The van der Waals surface area contributed by atoms with Gasteiger partial charge in [-0.2, -0.15) is 0 Å². The van der Waals surface area contributed by atoms with Gasteiger partial charge in [0.2, 0.25) is 0 Å². The summed E-state index contributed by atoms with van der Waals surface area (Å²) in [6.45, 7) is 7.51. The maximum atomic E-state index is 9.19. The Labute approximate surface area is 164 Å². The van der Waals surface area contributed by atoms with Gasteiger partial charge in [0.25, 0.3) is 0 Å². The molecule has 2 aromatic heterocycles. The van der Waals surface area contributed by atoms with Crippen molar-refractivity contribution in [3.63, 3.8) is 0 Å². The lowest BCUT2D eigenvalue weighted by atomic mass is 10.2. The molecule has 1 saturated heterocycles. The molecule has 0 unspecified atom stereocenters. The summed E-state index contributed by atoms with van der Waals surface area (Å²) >= 11 is 0. The molecule has 3 heterocycles. The fourth-order valence-electron chi connectivity index (χ4n) is 3.49. The number of benzene rings is 1. The Hall–Kier alpha value is -2.55. The van der Waals surface area contributed by atoms with Crippen LogP contribution in [0.5, 0.6) is 0 Å². The maximum absolute atomic E-state index is 9.19. The summed E-state index contributed by atoms with van der Waals surface area (Å²) < 4.78 is 7.64. The van der Waals surface area contributed by atoms with Crippen LogP contribution in [-0.2, 0) is 11.3 Å². The number of anilines is 1. The number of morpholine rings is 1. The number of hydrogen-bond acceptors (Lipinski definition) is 7. The summed E-state index contributed by atoms with van der Waals surface area (Å²) in [6, 6.07) is 10.2. The minimum absolute atomic E-state index is 0.0355. The van der Waals surface area contributed by atoms with Crippen LogP contribution in [0, 0.1) is 6.92 Å². The monoisotopic (exact) mass is 382 g/mol. The van der Waals surface area contributed by atoms with Crippen molar-refractivity contribution in [2.24, 2.45) is 0 Å². The molecule has 0 spiro atoms. The third-order valence-corrected chi connectivity index (χ3v) is 4.89. The minimum Gasteiger partial charge on any atom is -0.395 e. The fraction of sp³-hybridized carbons (Fsp3) is 0.450. The quantitative estimate of drug-likeness (QED) is 0.641. The van der Waals surface area contributed by atoms with Crippen LogP contribution in [0.2, 0.25) is 0 Å². The van der Waals surface area contributed by atoms with Gasteiger partial charge >= 0.3 is 0 Å². The van der Waals surface area contributed by atoms with Crippen LogP contribution < -0.4 is 5.32 Å². The van der Waals surface area contributed by atoms with Gasteiger partial charge in [0.15, 0.2) is 17.0 Å². The molecule has 0 aliphatic carbocycles. The van der Waals surface area contributed by atoms with Gasteiger partial charge in [-0.05, 0) is 6.92 Å². The molecule has 2 N–H and O–H groups in total. The number of nitrogens with one attached hydrogen (secondary N) is 1. The highest BCUT2D eigenvalue weighted by Gasteiger charge is 2.19. The molecule has 1 fully saturated rings. The van der Waals surface area contributed by atoms with Gasteiger partial charge in [-0.25, -0.2) is 15.0 Å². The lowest BCUT2D eigenvalue weighted by Crippen LogP contribution is -2.38. The van der Waals surface area contributed by atoms with E-state index >= 15 is 0 Å². The van der Waals surface area contributed by atoms with Crippen molar-refractivity contribution in [2.75, 3.05) is 51.3 Å². The van der Waals surface area contributed by atoms with Crippen molar-refractivity contribution < 1.29 is 9.84 Å². The highest BCUT2D eigenvalue weighted by molar-refractivity contribution is 5.86. The Balaban J connectivity index is 1.75. The Morgan fingerprint density at radius 1 is 1.07 bits per heavy atom. The Bertz CT molecular complexity index is 921. The molecule has 1 aliphatic rings. The molecule has 148 valence electrons. The van der Waals surface area contributed by atoms with Gasteiger partial charge in [-0.1, -0.05) is 30.3 Å². The first-order valence-corrected chi connectivity index (χ1v) is 9.71. The van der Waals surface area contributed by atoms with Crippen molar-refractivity contribution in [3.05, 3.63) is 36.2 Å². The summed E-state index contributed by atoms with van der Waals surface area (Å²) in [4.78, 5) is 16.5. The van der Waals surface area contributed by atoms with Crippen molar-refractivity contribution >= 4 is 17.0 Å². The van der Waals surface area contributed by atoms with Gasteiger partial charge in [0.05, 0.1) is 19.8 Å². The number of aryl methyl sites for hydroxylation is 1. The van der Waals surface area contributed by atoms with E-state index in [2.05, 4.69) is 31.9 Å². The predicted molar refractivity (Wildman–Crippen MR) is 108 cm³/mol. The number of fused-ring (bicyclic) bond motifs is 1. The van der Waals surface area contributed by atoms with Gasteiger partial charge in [-0.3, -0.25) is 4.90 Å². The number of imidazole rings is 1. The molecule has 0 atom stereocenters. The first kappa shape index (κ1) is 18.8. The molecular formula is C20H26N6O2. The second-order valence-corrected chi connectivity index (χ2v) is 6.85. The van der Waals surface area contributed by atoms with Crippen molar-refractivity contribution in [2.45, 2.75) is 13.5 Å². The predicted octanol–water partition coefficient (Wildman–Crippen LogP) is 1.54. The average Bonchev–Trinajstić information content (AvgIpc) is 3.10. The number of nitrogens with zero attached hydrogens (tertiary/aromatic N) is 5. The van der Waals surface area contributed by atoms with Crippen molar-refractivity contribution in [1.29, 1.82) is 0 Å². The van der Waals surface area contributed by atoms with E-state index in [1.54, 1.807) is 0 Å². The molecule has 8 nitrogen and oxygen atoms in total. The molecule has 0 saturated carbocycles. The molecule has 1 aromatic carbocycles. The number of hydrogen-bond donors (Lipinski definition) is 2. The lowest BCUT2D eigenvalue weighted by Gasteiger charge is -2.26. The second-order valence-electron chi connectivity index (χ2n) is 6.85. The van der Waals surface area contributed by atoms with E-state index < -0.39 is 0 Å². The third kappa shape index (κ3) is 3.99. The molecule has 1 aliphatic heterocycles. The number of aliphatic hydroxyl groups excluding tert-OH is 1. The molecule has 8 heteroatoms. The summed E-state index contributed by atoms with van der Waals surface area (Å²) in [7, 11) is 0. The molecule has 0 bridgehead atoms. The summed E-state index contributed by atoms with van der Waals surface area (Å²) in [5.74, 6) is 2.23. The van der Waals surface area contributed by atoms with Crippen molar-refractivity contribution in [3.8, 4) is 11.4 Å². The highest BCUT2D eigenvalue weighted by Crippen LogP contribution is 2.27. The van der Waals surface area contributed by atoms with Crippen LogP contribution in [0.3, 0.4) is 0 Å². The number of rotatable bonds is 7. The van der Waals surface area contributed by atoms with Crippen LogP contribution in [-0.4, -0.2) is 75.5 Å². The summed E-state index contributed by atoms with van der Waals surface area (Å²) in [6.07, 6.45) is 0. The fourth-order valence-corrected chi connectivity index (χ4v) is 3.49. The first-order valence-electron chi connectivity index (χ1n) is 9.71. The van der Waals surface area contributed by atoms with E-state index in [-0.39, 0.29) is 6.61 Å². The van der Waals surface area contributed by atoms with Crippen LogP contribution in [0.25, 0.3) is 22.6 Å². The normalized spacial score (nSPS) is 15.2. The van der Waals surface area contributed by atoms with Crippen LogP contribution in [0.1, 0.15) is 5.82 Å². The summed E-state index contributed by atoms with van der Waals surface area (Å²) in [5, 5.41) is 12.4. The van der Waals surface area contributed by atoms with Gasteiger partial charge in [0.1, 0.15) is 11.6 Å². The number of aromatic nitrogens is 4. The van der Waals surface area contributed by atoms with Crippen molar-refractivity contribution in [1.82, 2.24) is 24.4 Å².